The Morgan fingerprint density at radius 3 is 2.36 bits per heavy atom. The molecule has 0 radical (unpaired) electrons. The Labute approximate surface area is 187 Å². The van der Waals surface area contributed by atoms with Gasteiger partial charge >= 0.3 is 0 Å². The van der Waals surface area contributed by atoms with Crippen molar-refractivity contribution in [2.24, 2.45) is 5.10 Å². The van der Waals surface area contributed by atoms with Crippen molar-refractivity contribution >= 4 is 28.8 Å². The molecule has 3 aromatic carbocycles. The van der Waals surface area contributed by atoms with Crippen molar-refractivity contribution in [2.45, 2.75) is 6.04 Å². The highest BCUT2D eigenvalue weighted by Gasteiger charge is 2.27. The number of fused-ring (bicyclic) bond motifs is 1. The second-order valence-corrected chi connectivity index (χ2v) is 7.01. The molecule has 0 aliphatic rings. The standard InChI is InChI=1S/C24H18FN5O3/c25-19-13-7-4-10-16(19)14-26-29-24(33)21(27-22(31)15-8-2-1-3-9-15)20-17-11-5-6-12-18(17)23(32)30-28-20/h1-14,21H,(H,27,31)(H,29,33)(H,30,32)/b26-14+/t21-/m0/s1. The minimum atomic E-state index is -1.29. The van der Waals surface area contributed by atoms with Crippen LogP contribution in [0.2, 0.25) is 0 Å². The number of aromatic nitrogens is 2. The van der Waals surface area contributed by atoms with Gasteiger partial charge in [0.1, 0.15) is 11.5 Å². The van der Waals surface area contributed by atoms with E-state index in [9.17, 15) is 18.8 Å². The summed E-state index contributed by atoms with van der Waals surface area (Å²) in [5.74, 6) is -1.75. The first kappa shape index (κ1) is 21.6. The number of H-pyrrole nitrogens is 1. The third-order valence-corrected chi connectivity index (χ3v) is 4.86. The van der Waals surface area contributed by atoms with Crippen molar-refractivity contribution in [3.8, 4) is 0 Å². The summed E-state index contributed by atoms with van der Waals surface area (Å²) in [6.07, 6.45) is 1.15. The topological polar surface area (TPSA) is 116 Å². The summed E-state index contributed by atoms with van der Waals surface area (Å²) in [5, 5.41) is 13.5. The van der Waals surface area contributed by atoms with E-state index in [1.807, 2.05) is 0 Å². The molecule has 2 amide bonds. The number of rotatable bonds is 6. The molecule has 3 N–H and O–H groups in total. The molecule has 0 saturated heterocycles. The Bertz CT molecular complexity index is 1400. The summed E-state index contributed by atoms with van der Waals surface area (Å²) in [7, 11) is 0. The van der Waals surface area contributed by atoms with E-state index in [0.717, 1.165) is 6.21 Å². The smallest absolute Gasteiger partial charge is 0.272 e. The van der Waals surface area contributed by atoms with Gasteiger partial charge in [-0.15, -0.1) is 0 Å². The first-order valence-corrected chi connectivity index (χ1v) is 9.95. The van der Waals surface area contributed by atoms with E-state index in [0.29, 0.717) is 16.3 Å². The van der Waals surface area contributed by atoms with Crippen LogP contribution in [-0.2, 0) is 4.79 Å². The SMILES string of the molecule is O=C(N[C@H](C(=O)N/N=C/c1ccccc1F)c1n[nH]c(=O)c2ccccc12)c1ccccc1. The van der Waals surface area contributed by atoms with Gasteiger partial charge in [0.2, 0.25) is 0 Å². The first-order chi connectivity index (χ1) is 16.0. The molecule has 8 nitrogen and oxygen atoms in total. The number of hydrogen-bond donors (Lipinski definition) is 3. The van der Waals surface area contributed by atoms with Gasteiger partial charge in [0.25, 0.3) is 17.4 Å². The maximum Gasteiger partial charge on any atom is 0.272 e. The molecule has 4 aromatic rings. The second kappa shape index (κ2) is 9.65. The molecule has 1 atom stereocenters. The average molecular weight is 443 g/mol. The summed E-state index contributed by atoms with van der Waals surface area (Å²) >= 11 is 0. The van der Waals surface area contributed by atoms with Crippen LogP contribution < -0.4 is 16.3 Å². The van der Waals surface area contributed by atoms with Gasteiger partial charge in [-0.2, -0.15) is 10.2 Å². The molecular weight excluding hydrogens is 425 g/mol. The largest absolute Gasteiger partial charge is 0.335 e. The zero-order valence-corrected chi connectivity index (χ0v) is 17.2. The van der Waals surface area contributed by atoms with Gasteiger partial charge in [0.15, 0.2) is 6.04 Å². The van der Waals surface area contributed by atoms with Crippen LogP contribution in [0.5, 0.6) is 0 Å². The molecule has 0 aliphatic carbocycles. The van der Waals surface area contributed by atoms with Gasteiger partial charge in [-0.3, -0.25) is 14.4 Å². The first-order valence-electron chi connectivity index (χ1n) is 9.95. The lowest BCUT2D eigenvalue weighted by molar-refractivity contribution is -0.123. The fraction of sp³-hybridized carbons (Fsp3) is 0.0417. The van der Waals surface area contributed by atoms with E-state index >= 15 is 0 Å². The zero-order chi connectivity index (χ0) is 23.2. The van der Waals surface area contributed by atoms with Crippen molar-refractivity contribution in [1.29, 1.82) is 0 Å². The molecule has 0 fully saturated rings. The summed E-state index contributed by atoms with van der Waals surface area (Å²) < 4.78 is 13.8. The highest BCUT2D eigenvalue weighted by molar-refractivity contribution is 5.99. The second-order valence-electron chi connectivity index (χ2n) is 7.01. The lowest BCUT2D eigenvalue weighted by atomic mass is 10.0. The Kier molecular flexibility index (Phi) is 6.31. The summed E-state index contributed by atoms with van der Waals surface area (Å²) in [5.41, 5.74) is 2.52. The molecule has 0 bridgehead atoms. The number of nitrogens with zero attached hydrogens (tertiary/aromatic N) is 2. The quantitative estimate of drug-likeness (QED) is 0.314. The predicted octanol–water partition coefficient (Wildman–Crippen LogP) is 2.68. The maximum atomic E-state index is 13.8. The fourth-order valence-corrected chi connectivity index (χ4v) is 3.23. The van der Waals surface area contributed by atoms with Crippen LogP contribution in [0.4, 0.5) is 4.39 Å². The Hall–Kier alpha value is -4.66. The number of nitrogens with one attached hydrogen (secondary N) is 3. The minimum Gasteiger partial charge on any atom is -0.335 e. The van der Waals surface area contributed by atoms with Crippen molar-refractivity contribution in [3.63, 3.8) is 0 Å². The van der Waals surface area contributed by atoms with Crippen molar-refractivity contribution < 1.29 is 14.0 Å². The predicted molar refractivity (Wildman–Crippen MR) is 121 cm³/mol. The summed E-state index contributed by atoms with van der Waals surface area (Å²) in [6.45, 7) is 0. The van der Waals surface area contributed by atoms with Crippen LogP contribution in [0.25, 0.3) is 10.8 Å². The van der Waals surface area contributed by atoms with Gasteiger partial charge in [0.05, 0.1) is 11.6 Å². The zero-order valence-electron chi connectivity index (χ0n) is 17.2. The summed E-state index contributed by atoms with van der Waals surface area (Å²) in [4.78, 5) is 38.0. The molecule has 0 spiro atoms. The number of hydrogen-bond acceptors (Lipinski definition) is 5. The van der Waals surface area contributed by atoms with E-state index in [1.165, 1.54) is 18.2 Å². The molecule has 9 heteroatoms. The highest BCUT2D eigenvalue weighted by Crippen LogP contribution is 2.20. The lowest BCUT2D eigenvalue weighted by Crippen LogP contribution is -2.40. The Balaban J connectivity index is 1.68. The van der Waals surface area contributed by atoms with Crippen LogP contribution >= 0.6 is 0 Å². The van der Waals surface area contributed by atoms with Crippen LogP contribution in [0.1, 0.15) is 27.7 Å². The molecule has 0 unspecified atom stereocenters. The monoisotopic (exact) mass is 443 g/mol. The number of carbonyl (C=O) groups excluding carboxylic acids is 2. The fourth-order valence-electron chi connectivity index (χ4n) is 3.23. The Morgan fingerprint density at radius 1 is 0.939 bits per heavy atom. The number of halogens is 1. The van der Waals surface area contributed by atoms with E-state index < -0.39 is 29.2 Å². The van der Waals surface area contributed by atoms with Crippen LogP contribution in [0.15, 0.2) is 88.8 Å². The normalized spacial score (nSPS) is 11.9. The van der Waals surface area contributed by atoms with Crippen molar-refractivity contribution in [2.75, 3.05) is 0 Å². The molecule has 0 aliphatic heterocycles. The third kappa shape index (κ3) is 4.82. The lowest BCUT2D eigenvalue weighted by Gasteiger charge is -2.18. The van der Waals surface area contributed by atoms with Gasteiger partial charge in [-0.1, -0.05) is 54.6 Å². The number of carbonyl (C=O) groups is 2. The highest BCUT2D eigenvalue weighted by atomic mass is 19.1. The molecule has 0 saturated carbocycles. The third-order valence-electron chi connectivity index (χ3n) is 4.86. The van der Waals surface area contributed by atoms with Gasteiger partial charge in [0, 0.05) is 16.5 Å². The van der Waals surface area contributed by atoms with E-state index in [-0.39, 0.29) is 11.3 Å². The number of hydrazone groups is 1. The number of benzene rings is 3. The molecule has 33 heavy (non-hydrogen) atoms. The molecule has 164 valence electrons. The van der Waals surface area contributed by atoms with Crippen LogP contribution in [0.3, 0.4) is 0 Å². The molecular formula is C24H18FN5O3. The minimum absolute atomic E-state index is 0.132. The Morgan fingerprint density at radius 2 is 1.61 bits per heavy atom. The van der Waals surface area contributed by atoms with Crippen LogP contribution in [-0.4, -0.2) is 28.2 Å². The average Bonchev–Trinajstić information content (AvgIpc) is 2.85. The van der Waals surface area contributed by atoms with Crippen molar-refractivity contribution in [1.82, 2.24) is 20.9 Å². The molecule has 1 heterocycles. The summed E-state index contributed by atoms with van der Waals surface area (Å²) in [6, 6.07) is 19.6. The van der Waals surface area contributed by atoms with E-state index in [1.54, 1.807) is 60.7 Å². The van der Waals surface area contributed by atoms with Gasteiger partial charge in [-0.25, -0.2) is 14.9 Å². The van der Waals surface area contributed by atoms with Gasteiger partial charge < -0.3 is 5.32 Å². The maximum absolute atomic E-state index is 13.8. The van der Waals surface area contributed by atoms with Crippen molar-refractivity contribution in [3.05, 3.63) is 112 Å². The van der Waals surface area contributed by atoms with Crippen LogP contribution in [0, 0.1) is 5.82 Å². The van der Waals surface area contributed by atoms with Gasteiger partial charge in [-0.05, 0) is 24.3 Å². The number of amides is 2. The molecule has 4 rings (SSSR count). The van der Waals surface area contributed by atoms with E-state index in [4.69, 9.17) is 0 Å². The molecule has 1 aromatic heterocycles. The number of aromatic amines is 1. The van der Waals surface area contributed by atoms with E-state index in [2.05, 4.69) is 26.0 Å².